The van der Waals surface area contributed by atoms with Crippen LogP contribution in [-0.2, 0) is 6.54 Å². The van der Waals surface area contributed by atoms with Crippen molar-refractivity contribution < 1.29 is 14.8 Å². The molecular weight excluding hydrogens is 260 g/mol. The van der Waals surface area contributed by atoms with Gasteiger partial charge in [-0.1, -0.05) is 18.9 Å². The van der Waals surface area contributed by atoms with E-state index in [1.165, 1.54) is 6.07 Å². The first kappa shape index (κ1) is 14.7. The SMILES string of the molecule is NCc1ccc([N+](=O)[O-])c(OC2CCCCCC2O)c1. The Hall–Kier alpha value is -1.66. The molecule has 1 fully saturated rings. The first-order valence-corrected chi connectivity index (χ1v) is 6.94. The Morgan fingerprint density at radius 1 is 1.35 bits per heavy atom. The van der Waals surface area contributed by atoms with E-state index in [0.717, 1.165) is 24.8 Å². The maximum absolute atomic E-state index is 11.0. The molecule has 0 aromatic heterocycles. The lowest BCUT2D eigenvalue weighted by molar-refractivity contribution is -0.386. The summed E-state index contributed by atoms with van der Waals surface area (Å²) in [5.41, 5.74) is 6.24. The minimum atomic E-state index is -0.571. The van der Waals surface area contributed by atoms with E-state index in [1.54, 1.807) is 12.1 Å². The summed E-state index contributed by atoms with van der Waals surface area (Å²) in [5, 5.41) is 21.1. The van der Waals surface area contributed by atoms with Crippen LogP contribution < -0.4 is 10.5 Å². The van der Waals surface area contributed by atoms with E-state index in [-0.39, 0.29) is 17.5 Å². The van der Waals surface area contributed by atoms with Crippen molar-refractivity contribution in [2.24, 2.45) is 5.73 Å². The summed E-state index contributed by atoms with van der Waals surface area (Å²) in [6.07, 6.45) is 3.42. The van der Waals surface area contributed by atoms with Crippen LogP contribution in [0.15, 0.2) is 18.2 Å². The Morgan fingerprint density at radius 2 is 2.10 bits per heavy atom. The van der Waals surface area contributed by atoms with Gasteiger partial charge in [0.2, 0.25) is 0 Å². The highest BCUT2D eigenvalue weighted by atomic mass is 16.6. The molecule has 110 valence electrons. The summed E-state index contributed by atoms with van der Waals surface area (Å²) in [7, 11) is 0. The number of nitrogens with two attached hydrogens (primary N) is 1. The minimum Gasteiger partial charge on any atom is -0.481 e. The molecule has 0 bridgehead atoms. The predicted octanol–water partition coefficient (Wildman–Crippen LogP) is 2.13. The second kappa shape index (κ2) is 6.67. The molecule has 1 aromatic carbocycles. The van der Waals surface area contributed by atoms with E-state index in [0.29, 0.717) is 19.4 Å². The molecule has 0 saturated heterocycles. The molecule has 6 nitrogen and oxygen atoms in total. The van der Waals surface area contributed by atoms with Gasteiger partial charge in [0.25, 0.3) is 0 Å². The Morgan fingerprint density at radius 3 is 2.80 bits per heavy atom. The van der Waals surface area contributed by atoms with E-state index in [9.17, 15) is 15.2 Å². The van der Waals surface area contributed by atoms with Gasteiger partial charge in [-0.2, -0.15) is 0 Å². The number of aliphatic hydroxyl groups is 1. The number of hydrogen-bond donors (Lipinski definition) is 2. The monoisotopic (exact) mass is 280 g/mol. The Bertz CT molecular complexity index is 478. The molecule has 0 radical (unpaired) electrons. The molecule has 1 aromatic rings. The topological polar surface area (TPSA) is 98.6 Å². The first-order chi connectivity index (χ1) is 9.61. The third kappa shape index (κ3) is 3.46. The van der Waals surface area contributed by atoms with Crippen molar-refractivity contribution in [3.05, 3.63) is 33.9 Å². The average Bonchev–Trinajstić information content (AvgIpc) is 2.64. The maximum Gasteiger partial charge on any atom is 0.310 e. The zero-order valence-corrected chi connectivity index (χ0v) is 11.3. The standard InChI is InChI=1S/C14H20N2O4/c15-9-10-6-7-11(16(18)19)14(8-10)20-13-5-3-1-2-4-12(13)17/h6-8,12-13,17H,1-5,9,15H2. The Balaban J connectivity index is 2.23. The van der Waals surface area contributed by atoms with Crippen molar-refractivity contribution in [2.45, 2.75) is 50.9 Å². The van der Waals surface area contributed by atoms with E-state index in [4.69, 9.17) is 10.5 Å². The molecule has 20 heavy (non-hydrogen) atoms. The van der Waals surface area contributed by atoms with Crippen molar-refractivity contribution in [3.63, 3.8) is 0 Å². The van der Waals surface area contributed by atoms with E-state index >= 15 is 0 Å². The molecule has 1 aliphatic carbocycles. The summed E-state index contributed by atoms with van der Waals surface area (Å²) < 4.78 is 5.74. The highest BCUT2D eigenvalue weighted by Crippen LogP contribution is 2.31. The number of ether oxygens (including phenoxy) is 1. The Kier molecular flexibility index (Phi) is 4.92. The smallest absolute Gasteiger partial charge is 0.310 e. The number of nitrogens with zero attached hydrogens (tertiary/aromatic N) is 1. The summed E-state index contributed by atoms with van der Waals surface area (Å²) in [6.45, 7) is 0.293. The number of benzene rings is 1. The molecule has 0 spiro atoms. The predicted molar refractivity (Wildman–Crippen MR) is 74.5 cm³/mol. The van der Waals surface area contributed by atoms with Crippen molar-refractivity contribution in [2.75, 3.05) is 0 Å². The largest absolute Gasteiger partial charge is 0.481 e. The van der Waals surface area contributed by atoms with Crippen molar-refractivity contribution in [1.29, 1.82) is 0 Å². The van der Waals surface area contributed by atoms with Gasteiger partial charge in [0.1, 0.15) is 6.10 Å². The normalized spacial score (nSPS) is 23.1. The molecule has 0 aliphatic heterocycles. The lowest BCUT2D eigenvalue weighted by atomic mass is 10.1. The van der Waals surface area contributed by atoms with Crippen LogP contribution >= 0.6 is 0 Å². The van der Waals surface area contributed by atoms with Gasteiger partial charge in [-0.05, 0) is 30.9 Å². The van der Waals surface area contributed by atoms with E-state index in [2.05, 4.69) is 0 Å². The summed E-state index contributed by atoms with van der Waals surface area (Å²) in [4.78, 5) is 10.6. The van der Waals surface area contributed by atoms with Crippen molar-refractivity contribution in [1.82, 2.24) is 0 Å². The van der Waals surface area contributed by atoms with Crippen LogP contribution in [0.1, 0.15) is 37.7 Å². The number of hydrogen-bond acceptors (Lipinski definition) is 5. The second-order valence-electron chi connectivity index (χ2n) is 5.12. The summed E-state index contributed by atoms with van der Waals surface area (Å²) in [6, 6.07) is 4.62. The van der Waals surface area contributed by atoms with Gasteiger partial charge in [-0.3, -0.25) is 10.1 Å². The van der Waals surface area contributed by atoms with Crippen LogP contribution in [0.3, 0.4) is 0 Å². The second-order valence-corrected chi connectivity index (χ2v) is 5.12. The third-order valence-electron chi connectivity index (χ3n) is 3.65. The lowest BCUT2D eigenvalue weighted by Gasteiger charge is -2.22. The molecule has 2 atom stereocenters. The van der Waals surface area contributed by atoms with Gasteiger partial charge >= 0.3 is 5.69 Å². The molecule has 2 rings (SSSR count). The zero-order valence-electron chi connectivity index (χ0n) is 11.3. The Labute approximate surface area is 117 Å². The maximum atomic E-state index is 11.0. The van der Waals surface area contributed by atoms with Crippen LogP contribution in [-0.4, -0.2) is 22.2 Å². The quantitative estimate of drug-likeness (QED) is 0.500. The van der Waals surface area contributed by atoms with Gasteiger partial charge in [0, 0.05) is 12.6 Å². The van der Waals surface area contributed by atoms with Crippen molar-refractivity contribution >= 4 is 5.69 Å². The first-order valence-electron chi connectivity index (χ1n) is 6.94. The van der Waals surface area contributed by atoms with Gasteiger partial charge in [0.15, 0.2) is 5.75 Å². The van der Waals surface area contributed by atoms with Crippen LogP contribution in [0.4, 0.5) is 5.69 Å². The van der Waals surface area contributed by atoms with Crippen LogP contribution in [0, 0.1) is 10.1 Å². The fourth-order valence-corrected chi connectivity index (χ4v) is 2.49. The van der Waals surface area contributed by atoms with Crippen LogP contribution in [0.5, 0.6) is 5.75 Å². The lowest BCUT2D eigenvalue weighted by Crippen LogP contribution is -2.30. The molecular formula is C14H20N2O4. The van der Waals surface area contributed by atoms with E-state index < -0.39 is 11.0 Å². The van der Waals surface area contributed by atoms with Gasteiger partial charge in [-0.25, -0.2) is 0 Å². The molecule has 0 amide bonds. The fourth-order valence-electron chi connectivity index (χ4n) is 2.49. The molecule has 6 heteroatoms. The van der Waals surface area contributed by atoms with Crippen LogP contribution in [0.25, 0.3) is 0 Å². The van der Waals surface area contributed by atoms with E-state index in [1.807, 2.05) is 0 Å². The summed E-state index contributed by atoms with van der Waals surface area (Å²) in [5.74, 6) is 0.198. The highest BCUT2D eigenvalue weighted by molar-refractivity contribution is 5.48. The number of rotatable bonds is 4. The minimum absolute atomic E-state index is 0.0846. The molecule has 1 aliphatic rings. The number of nitro benzene ring substituents is 1. The number of aliphatic hydroxyl groups excluding tert-OH is 1. The fraction of sp³-hybridized carbons (Fsp3) is 0.571. The summed E-state index contributed by atoms with van der Waals surface area (Å²) >= 11 is 0. The van der Waals surface area contributed by atoms with Gasteiger partial charge in [-0.15, -0.1) is 0 Å². The number of nitro groups is 1. The zero-order chi connectivity index (χ0) is 14.5. The molecule has 1 saturated carbocycles. The van der Waals surface area contributed by atoms with Gasteiger partial charge < -0.3 is 15.6 Å². The molecule has 3 N–H and O–H groups in total. The highest BCUT2D eigenvalue weighted by Gasteiger charge is 2.26. The van der Waals surface area contributed by atoms with Crippen LogP contribution in [0.2, 0.25) is 0 Å². The third-order valence-corrected chi connectivity index (χ3v) is 3.65. The molecule has 2 unspecified atom stereocenters. The van der Waals surface area contributed by atoms with Crippen molar-refractivity contribution in [3.8, 4) is 5.75 Å². The average molecular weight is 280 g/mol. The van der Waals surface area contributed by atoms with Gasteiger partial charge in [0.05, 0.1) is 11.0 Å². The molecule has 0 heterocycles.